The fourth-order valence-corrected chi connectivity index (χ4v) is 2.61. The molecule has 2 heterocycles. The van der Waals surface area contributed by atoms with E-state index in [1.54, 1.807) is 32.4 Å². The van der Waals surface area contributed by atoms with E-state index in [2.05, 4.69) is 10.3 Å². The molecule has 1 aromatic carbocycles. The van der Waals surface area contributed by atoms with Gasteiger partial charge in [-0.3, -0.25) is 4.79 Å². The predicted octanol–water partition coefficient (Wildman–Crippen LogP) is 3.17. The van der Waals surface area contributed by atoms with E-state index in [9.17, 15) is 4.79 Å². The molecular weight excluding hydrogens is 306 g/mol. The molecule has 0 unspecified atom stereocenters. The summed E-state index contributed by atoms with van der Waals surface area (Å²) in [5.41, 5.74) is 1.70. The molecule has 3 rings (SSSR count). The zero-order chi connectivity index (χ0) is 17.1. The van der Waals surface area contributed by atoms with Crippen LogP contribution >= 0.6 is 0 Å². The highest BCUT2D eigenvalue weighted by Gasteiger charge is 2.18. The number of benzene rings is 1. The topological polar surface area (TPSA) is 64.9 Å². The van der Waals surface area contributed by atoms with E-state index in [1.165, 1.54) is 0 Å². The van der Waals surface area contributed by atoms with E-state index in [0.29, 0.717) is 22.9 Å². The first-order chi connectivity index (χ1) is 11.7. The molecule has 0 aliphatic heterocycles. The zero-order valence-electron chi connectivity index (χ0n) is 13.9. The summed E-state index contributed by atoms with van der Waals surface area (Å²) in [6.45, 7) is 2.01. The van der Waals surface area contributed by atoms with Crippen LogP contribution in [-0.4, -0.2) is 29.5 Å². The Morgan fingerprint density at radius 3 is 2.75 bits per heavy atom. The molecule has 0 aliphatic carbocycles. The van der Waals surface area contributed by atoms with E-state index >= 15 is 0 Å². The normalized spacial score (nSPS) is 10.6. The van der Waals surface area contributed by atoms with Crippen LogP contribution in [0.5, 0.6) is 11.5 Å². The number of ether oxygens (including phenoxy) is 2. The van der Waals surface area contributed by atoms with Crippen molar-refractivity contribution in [1.29, 1.82) is 0 Å². The molecule has 0 spiro atoms. The summed E-state index contributed by atoms with van der Waals surface area (Å²) in [5.74, 6) is 1.75. The fourth-order valence-electron chi connectivity index (χ4n) is 2.61. The van der Waals surface area contributed by atoms with Gasteiger partial charge in [0.25, 0.3) is 5.91 Å². The van der Waals surface area contributed by atoms with Crippen molar-refractivity contribution < 1.29 is 14.3 Å². The van der Waals surface area contributed by atoms with Gasteiger partial charge >= 0.3 is 0 Å². The minimum atomic E-state index is -0.287. The lowest BCUT2D eigenvalue weighted by atomic mass is 10.2. The Bertz CT molecular complexity index is 886. The number of hydrogen-bond donors (Lipinski definition) is 1. The minimum absolute atomic E-state index is 0.287. The van der Waals surface area contributed by atoms with Crippen molar-refractivity contribution >= 4 is 17.1 Å². The maximum atomic E-state index is 12.7. The lowest BCUT2D eigenvalue weighted by Crippen LogP contribution is -2.13. The van der Waals surface area contributed by atoms with Gasteiger partial charge in [-0.05, 0) is 24.3 Å². The summed E-state index contributed by atoms with van der Waals surface area (Å²) in [7, 11) is 3.13. The number of hydrogen-bond acceptors (Lipinski definition) is 4. The lowest BCUT2D eigenvalue weighted by Gasteiger charge is -2.11. The highest BCUT2D eigenvalue weighted by molar-refractivity contribution is 6.08. The fraction of sp³-hybridized carbons (Fsp3) is 0.222. The van der Waals surface area contributed by atoms with Crippen LogP contribution in [0, 0.1) is 0 Å². The molecule has 0 bridgehead atoms. The van der Waals surface area contributed by atoms with Crippen LogP contribution in [0.1, 0.15) is 23.2 Å². The molecule has 0 saturated heterocycles. The quantitative estimate of drug-likeness (QED) is 0.782. The highest BCUT2D eigenvalue weighted by atomic mass is 16.5. The van der Waals surface area contributed by atoms with Gasteiger partial charge in [0.2, 0.25) is 0 Å². The molecule has 0 fully saturated rings. The van der Waals surface area contributed by atoms with Crippen LogP contribution in [0.25, 0.3) is 5.52 Å². The summed E-state index contributed by atoms with van der Waals surface area (Å²) in [6, 6.07) is 10.9. The van der Waals surface area contributed by atoms with Crippen LogP contribution in [-0.2, 0) is 6.42 Å². The van der Waals surface area contributed by atoms with E-state index in [0.717, 1.165) is 17.8 Å². The van der Waals surface area contributed by atoms with Gasteiger partial charge in [0.05, 0.1) is 25.4 Å². The molecule has 3 aromatic rings. The molecule has 124 valence electrons. The van der Waals surface area contributed by atoms with Crippen molar-refractivity contribution in [2.75, 3.05) is 19.5 Å². The molecule has 0 radical (unpaired) electrons. The van der Waals surface area contributed by atoms with Crippen LogP contribution in [0.4, 0.5) is 5.69 Å². The minimum Gasteiger partial charge on any atom is -0.497 e. The highest BCUT2D eigenvalue weighted by Crippen LogP contribution is 2.29. The molecule has 1 amide bonds. The van der Waals surface area contributed by atoms with Gasteiger partial charge in [-0.2, -0.15) is 0 Å². The smallest absolute Gasteiger partial charge is 0.276 e. The molecule has 0 saturated carbocycles. The maximum Gasteiger partial charge on any atom is 0.276 e. The van der Waals surface area contributed by atoms with E-state index in [-0.39, 0.29) is 5.91 Å². The third-order valence-corrected chi connectivity index (χ3v) is 3.81. The first-order valence-electron chi connectivity index (χ1n) is 7.67. The van der Waals surface area contributed by atoms with Crippen LogP contribution in [0.2, 0.25) is 0 Å². The van der Waals surface area contributed by atoms with Gasteiger partial charge in [-0.1, -0.05) is 13.0 Å². The Balaban J connectivity index is 1.99. The summed E-state index contributed by atoms with van der Waals surface area (Å²) in [4.78, 5) is 17.2. The van der Waals surface area contributed by atoms with Gasteiger partial charge in [0, 0.05) is 18.7 Å². The van der Waals surface area contributed by atoms with E-state index < -0.39 is 0 Å². The Morgan fingerprint density at radius 1 is 1.21 bits per heavy atom. The Morgan fingerprint density at radius 2 is 2.04 bits per heavy atom. The van der Waals surface area contributed by atoms with Crippen molar-refractivity contribution in [2.45, 2.75) is 13.3 Å². The number of methoxy groups -OCH3 is 2. The van der Waals surface area contributed by atoms with Crippen molar-refractivity contribution in [1.82, 2.24) is 9.38 Å². The van der Waals surface area contributed by atoms with Crippen molar-refractivity contribution in [2.24, 2.45) is 0 Å². The number of anilines is 1. The Kier molecular flexibility index (Phi) is 4.37. The third kappa shape index (κ3) is 2.78. The second-order valence-corrected chi connectivity index (χ2v) is 5.21. The first kappa shape index (κ1) is 15.9. The number of amides is 1. The monoisotopic (exact) mass is 325 g/mol. The SMILES string of the molecule is CCc1nc(C(=O)Nc2cc(OC)ccc2OC)c2ccccn12. The molecule has 24 heavy (non-hydrogen) atoms. The number of rotatable bonds is 5. The van der Waals surface area contributed by atoms with Gasteiger partial charge in [0.15, 0.2) is 5.69 Å². The van der Waals surface area contributed by atoms with Gasteiger partial charge in [-0.25, -0.2) is 4.98 Å². The lowest BCUT2D eigenvalue weighted by molar-refractivity contribution is 0.102. The number of nitrogens with one attached hydrogen (secondary N) is 1. The number of imidazole rings is 1. The van der Waals surface area contributed by atoms with Crippen molar-refractivity contribution in [3.63, 3.8) is 0 Å². The van der Waals surface area contributed by atoms with Crippen molar-refractivity contribution in [3.05, 3.63) is 54.1 Å². The average molecular weight is 325 g/mol. The predicted molar refractivity (Wildman–Crippen MR) is 92.1 cm³/mol. The number of aryl methyl sites for hydroxylation is 1. The largest absolute Gasteiger partial charge is 0.497 e. The first-order valence-corrected chi connectivity index (χ1v) is 7.67. The number of pyridine rings is 1. The summed E-state index contributed by atoms with van der Waals surface area (Å²) in [5, 5.41) is 2.86. The number of fused-ring (bicyclic) bond motifs is 1. The number of carbonyl (C=O) groups excluding carboxylic acids is 1. The van der Waals surface area contributed by atoms with Gasteiger partial charge < -0.3 is 19.2 Å². The zero-order valence-corrected chi connectivity index (χ0v) is 13.9. The molecular formula is C18H19N3O3. The second-order valence-electron chi connectivity index (χ2n) is 5.21. The molecule has 6 heteroatoms. The second kappa shape index (κ2) is 6.62. The van der Waals surface area contributed by atoms with Crippen LogP contribution in [0.15, 0.2) is 42.6 Å². The molecule has 0 atom stereocenters. The number of aromatic nitrogens is 2. The van der Waals surface area contributed by atoms with Crippen molar-refractivity contribution in [3.8, 4) is 11.5 Å². The summed E-state index contributed by atoms with van der Waals surface area (Å²) in [6.07, 6.45) is 2.64. The number of carbonyl (C=O) groups is 1. The van der Waals surface area contributed by atoms with Crippen LogP contribution in [0.3, 0.4) is 0 Å². The summed E-state index contributed by atoms with van der Waals surface area (Å²) < 4.78 is 12.4. The average Bonchev–Trinajstić information content (AvgIpc) is 3.00. The van der Waals surface area contributed by atoms with E-state index in [4.69, 9.17) is 9.47 Å². The number of nitrogens with zero attached hydrogens (tertiary/aromatic N) is 2. The molecule has 1 N–H and O–H groups in total. The Labute approximate surface area is 140 Å². The molecule has 0 aliphatic rings. The van der Waals surface area contributed by atoms with Crippen LogP contribution < -0.4 is 14.8 Å². The standard InChI is InChI=1S/C18H19N3O3/c1-4-16-20-17(14-7-5-6-10-21(14)16)18(22)19-13-11-12(23-2)8-9-15(13)24-3/h5-11H,4H2,1-3H3,(H,19,22). The summed E-state index contributed by atoms with van der Waals surface area (Å²) >= 11 is 0. The Hall–Kier alpha value is -3.02. The van der Waals surface area contributed by atoms with Gasteiger partial charge in [-0.15, -0.1) is 0 Å². The molecule has 2 aromatic heterocycles. The van der Waals surface area contributed by atoms with E-state index in [1.807, 2.05) is 35.7 Å². The third-order valence-electron chi connectivity index (χ3n) is 3.81. The molecule has 6 nitrogen and oxygen atoms in total. The van der Waals surface area contributed by atoms with Gasteiger partial charge in [0.1, 0.15) is 17.3 Å². The maximum absolute atomic E-state index is 12.7.